The summed E-state index contributed by atoms with van der Waals surface area (Å²) in [6, 6.07) is 8.92. The van der Waals surface area contributed by atoms with Gasteiger partial charge in [0.2, 0.25) is 0 Å². The van der Waals surface area contributed by atoms with E-state index in [0.717, 1.165) is 25.2 Å². The van der Waals surface area contributed by atoms with Gasteiger partial charge in [0, 0.05) is 19.5 Å². The molecule has 0 aliphatic heterocycles. The van der Waals surface area contributed by atoms with Crippen molar-refractivity contribution in [1.82, 2.24) is 20.1 Å². The quantitative estimate of drug-likeness (QED) is 0.864. The highest BCUT2D eigenvalue weighted by Crippen LogP contribution is 2.21. The summed E-state index contributed by atoms with van der Waals surface area (Å²) in [5.74, 6) is 1.01. The standard InChI is InChI=1S/C15H22N4/c1-4-12-8-6-7-9-13(12)14(16-5-2)10-15-17-11-18-19(15)3/h6-9,11,14,16H,4-5,10H2,1-3H3. The second-order valence-electron chi connectivity index (χ2n) is 4.67. The second kappa shape index (κ2) is 6.48. The van der Waals surface area contributed by atoms with Crippen molar-refractivity contribution in [3.63, 3.8) is 0 Å². The average molecular weight is 258 g/mol. The van der Waals surface area contributed by atoms with E-state index in [1.807, 2.05) is 11.7 Å². The van der Waals surface area contributed by atoms with E-state index in [0.29, 0.717) is 6.04 Å². The molecule has 1 unspecified atom stereocenters. The van der Waals surface area contributed by atoms with Crippen LogP contribution in [0.2, 0.25) is 0 Å². The van der Waals surface area contributed by atoms with Crippen LogP contribution in [-0.4, -0.2) is 21.3 Å². The minimum Gasteiger partial charge on any atom is -0.310 e. The fraction of sp³-hybridized carbons (Fsp3) is 0.467. The Morgan fingerprint density at radius 1 is 1.26 bits per heavy atom. The van der Waals surface area contributed by atoms with Crippen LogP contribution in [0.1, 0.15) is 36.8 Å². The molecule has 0 aliphatic carbocycles. The van der Waals surface area contributed by atoms with Crippen LogP contribution in [0.25, 0.3) is 0 Å². The van der Waals surface area contributed by atoms with Crippen LogP contribution in [0.3, 0.4) is 0 Å². The first kappa shape index (κ1) is 13.7. The zero-order valence-corrected chi connectivity index (χ0v) is 11.9. The Kier molecular flexibility index (Phi) is 4.68. The lowest BCUT2D eigenvalue weighted by Crippen LogP contribution is -2.25. The molecule has 0 spiro atoms. The molecular weight excluding hydrogens is 236 g/mol. The predicted octanol–water partition coefficient (Wildman–Crippen LogP) is 2.27. The van der Waals surface area contributed by atoms with Crippen molar-refractivity contribution < 1.29 is 0 Å². The molecule has 102 valence electrons. The van der Waals surface area contributed by atoms with Gasteiger partial charge >= 0.3 is 0 Å². The maximum atomic E-state index is 4.33. The van der Waals surface area contributed by atoms with Crippen molar-refractivity contribution in [3.05, 3.63) is 47.5 Å². The normalized spacial score (nSPS) is 12.6. The highest BCUT2D eigenvalue weighted by atomic mass is 15.3. The molecule has 4 nitrogen and oxygen atoms in total. The predicted molar refractivity (Wildman–Crippen MR) is 76.9 cm³/mol. The molecule has 1 aromatic heterocycles. The first-order valence-electron chi connectivity index (χ1n) is 6.90. The molecule has 2 rings (SSSR count). The molecule has 0 amide bonds. The first-order valence-corrected chi connectivity index (χ1v) is 6.90. The van der Waals surface area contributed by atoms with Gasteiger partial charge in [-0.05, 0) is 24.1 Å². The largest absolute Gasteiger partial charge is 0.310 e. The van der Waals surface area contributed by atoms with Gasteiger partial charge in [-0.25, -0.2) is 4.98 Å². The molecule has 0 aliphatic rings. The summed E-state index contributed by atoms with van der Waals surface area (Å²) in [7, 11) is 1.94. The van der Waals surface area contributed by atoms with Crippen molar-refractivity contribution in [1.29, 1.82) is 0 Å². The van der Waals surface area contributed by atoms with E-state index >= 15 is 0 Å². The fourth-order valence-corrected chi connectivity index (χ4v) is 2.42. The number of hydrogen-bond donors (Lipinski definition) is 1. The Morgan fingerprint density at radius 3 is 2.68 bits per heavy atom. The van der Waals surface area contributed by atoms with Crippen molar-refractivity contribution in [3.8, 4) is 0 Å². The van der Waals surface area contributed by atoms with Gasteiger partial charge in [-0.2, -0.15) is 5.10 Å². The van der Waals surface area contributed by atoms with E-state index < -0.39 is 0 Å². The molecule has 0 saturated heterocycles. The van der Waals surface area contributed by atoms with Crippen LogP contribution in [0.4, 0.5) is 0 Å². The molecule has 0 fully saturated rings. The zero-order chi connectivity index (χ0) is 13.7. The number of aromatic nitrogens is 3. The summed E-state index contributed by atoms with van der Waals surface area (Å²) in [5, 5.41) is 7.70. The number of rotatable bonds is 6. The second-order valence-corrected chi connectivity index (χ2v) is 4.67. The lowest BCUT2D eigenvalue weighted by molar-refractivity contribution is 0.519. The molecule has 2 aromatic rings. The Bertz CT molecular complexity index is 518. The van der Waals surface area contributed by atoms with Gasteiger partial charge in [-0.15, -0.1) is 0 Å². The Hall–Kier alpha value is -1.68. The molecule has 0 radical (unpaired) electrons. The minimum atomic E-state index is 0.295. The van der Waals surface area contributed by atoms with Crippen LogP contribution in [-0.2, 0) is 19.9 Å². The van der Waals surface area contributed by atoms with Gasteiger partial charge in [0.25, 0.3) is 0 Å². The van der Waals surface area contributed by atoms with Gasteiger partial charge in [0.05, 0.1) is 0 Å². The third-order valence-corrected chi connectivity index (χ3v) is 3.45. The summed E-state index contributed by atoms with van der Waals surface area (Å²) in [5.41, 5.74) is 2.77. The smallest absolute Gasteiger partial charge is 0.138 e. The van der Waals surface area contributed by atoms with Crippen molar-refractivity contribution in [2.75, 3.05) is 6.54 Å². The van der Waals surface area contributed by atoms with Crippen LogP contribution in [0, 0.1) is 0 Å². The monoisotopic (exact) mass is 258 g/mol. The van der Waals surface area contributed by atoms with E-state index in [1.165, 1.54) is 11.1 Å². The number of likely N-dealkylation sites (N-methyl/N-ethyl adjacent to an activating group) is 1. The van der Waals surface area contributed by atoms with Crippen LogP contribution in [0.15, 0.2) is 30.6 Å². The van der Waals surface area contributed by atoms with E-state index in [-0.39, 0.29) is 0 Å². The van der Waals surface area contributed by atoms with Crippen molar-refractivity contribution in [2.45, 2.75) is 32.7 Å². The maximum absolute atomic E-state index is 4.33. The van der Waals surface area contributed by atoms with E-state index in [9.17, 15) is 0 Å². The minimum absolute atomic E-state index is 0.295. The molecule has 1 atom stereocenters. The molecular formula is C15H22N4. The average Bonchev–Trinajstić information content (AvgIpc) is 2.84. The molecule has 1 aromatic carbocycles. The summed E-state index contributed by atoms with van der Waals surface area (Å²) in [6.45, 7) is 5.28. The zero-order valence-electron chi connectivity index (χ0n) is 11.9. The van der Waals surface area contributed by atoms with Crippen LogP contribution < -0.4 is 5.32 Å². The van der Waals surface area contributed by atoms with E-state index in [1.54, 1.807) is 6.33 Å². The number of nitrogens with zero attached hydrogens (tertiary/aromatic N) is 3. The van der Waals surface area contributed by atoms with Gasteiger partial charge in [0.1, 0.15) is 12.2 Å². The first-order chi connectivity index (χ1) is 9.26. The number of nitrogens with one attached hydrogen (secondary N) is 1. The van der Waals surface area contributed by atoms with Gasteiger partial charge < -0.3 is 5.32 Å². The molecule has 4 heteroatoms. The SMILES string of the molecule is CCNC(Cc1ncnn1C)c1ccccc1CC. The van der Waals surface area contributed by atoms with E-state index in [4.69, 9.17) is 0 Å². The molecule has 0 saturated carbocycles. The number of hydrogen-bond acceptors (Lipinski definition) is 3. The summed E-state index contributed by atoms with van der Waals surface area (Å²) in [4.78, 5) is 4.33. The Morgan fingerprint density at radius 2 is 2.05 bits per heavy atom. The fourth-order valence-electron chi connectivity index (χ4n) is 2.42. The molecule has 19 heavy (non-hydrogen) atoms. The third kappa shape index (κ3) is 3.20. The van der Waals surface area contributed by atoms with Crippen molar-refractivity contribution >= 4 is 0 Å². The molecule has 0 bridgehead atoms. The number of aryl methyl sites for hydroxylation is 2. The summed E-state index contributed by atoms with van der Waals surface area (Å²) < 4.78 is 1.85. The molecule has 1 heterocycles. The lowest BCUT2D eigenvalue weighted by Gasteiger charge is -2.20. The van der Waals surface area contributed by atoms with Crippen LogP contribution >= 0.6 is 0 Å². The van der Waals surface area contributed by atoms with Crippen molar-refractivity contribution in [2.24, 2.45) is 7.05 Å². The Labute approximate surface area is 114 Å². The third-order valence-electron chi connectivity index (χ3n) is 3.45. The maximum Gasteiger partial charge on any atom is 0.138 e. The summed E-state index contributed by atoms with van der Waals surface area (Å²) >= 11 is 0. The van der Waals surface area contributed by atoms with Gasteiger partial charge in [-0.1, -0.05) is 38.1 Å². The summed E-state index contributed by atoms with van der Waals surface area (Å²) in [6.07, 6.45) is 3.53. The van der Waals surface area contributed by atoms with E-state index in [2.05, 4.69) is 53.5 Å². The highest BCUT2D eigenvalue weighted by Gasteiger charge is 2.16. The Balaban J connectivity index is 2.27. The topological polar surface area (TPSA) is 42.7 Å². The lowest BCUT2D eigenvalue weighted by atomic mass is 9.96. The number of benzene rings is 1. The molecule has 1 N–H and O–H groups in total. The van der Waals surface area contributed by atoms with Gasteiger partial charge in [0.15, 0.2) is 0 Å². The van der Waals surface area contributed by atoms with Crippen LogP contribution in [0.5, 0.6) is 0 Å². The van der Waals surface area contributed by atoms with Gasteiger partial charge in [-0.3, -0.25) is 4.68 Å². The highest BCUT2D eigenvalue weighted by molar-refractivity contribution is 5.30.